The molecule has 1 aliphatic heterocycles. The number of fused-ring (bicyclic) bond motifs is 3. The van der Waals surface area contributed by atoms with Crippen molar-refractivity contribution >= 4 is 31.6 Å². The van der Waals surface area contributed by atoms with E-state index in [1.807, 2.05) is 36.9 Å². The minimum atomic E-state index is -3.34. The van der Waals surface area contributed by atoms with Gasteiger partial charge in [0.1, 0.15) is 11.4 Å². The SMILES string of the molecule is N#CCS(=O)(=O)CC=CN1CCCC(c2nccc3cnc4[nH]ccc4c23)C1. The number of nitrogens with one attached hydrogen (secondary N) is 1. The van der Waals surface area contributed by atoms with Crippen LogP contribution in [0.4, 0.5) is 0 Å². The highest BCUT2D eigenvalue weighted by atomic mass is 32.2. The van der Waals surface area contributed by atoms with E-state index in [0.717, 1.165) is 53.4 Å². The lowest BCUT2D eigenvalue weighted by atomic mass is 9.91. The molecule has 3 aromatic heterocycles. The zero-order chi connectivity index (χ0) is 19.6. The van der Waals surface area contributed by atoms with Gasteiger partial charge in [-0.05, 0) is 31.2 Å². The highest BCUT2D eigenvalue weighted by Crippen LogP contribution is 2.33. The third-order valence-electron chi connectivity index (χ3n) is 5.13. The second-order valence-electron chi connectivity index (χ2n) is 7.09. The maximum Gasteiger partial charge on any atom is 0.167 e. The Hall–Kier alpha value is -2.92. The Labute approximate surface area is 163 Å². The van der Waals surface area contributed by atoms with Crippen LogP contribution in [-0.4, -0.2) is 52.9 Å². The summed E-state index contributed by atoms with van der Waals surface area (Å²) in [5.74, 6) is -0.289. The Kier molecular flexibility index (Phi) is 5.01. The van der Waals surface area contributed by atoms with Crippen molar-refractivity contribution in [2.45, 2.75) is 18.8 Å². The quantitative estimate of drug-likeness (QED) is 0.712. The summed E-state index contributed by atoms with van der Waals surface area (Å²) in [6, 6.07) is 5.73. The van der Waals surface area contributed by atoms with Crippen LogP contribution in [0.3, 0.4) is 0 Å². The maximum absolute atomic E-state index is 11.7. The number of aromatic amines is 1. The normalized spacial score (nSPS) is 18.1. The first kappa shape index (κ1) is 18.4. The van der Waals surface area contributed by atoms with E-state index >= 15 is 0 Å². The van der Waals surface area contributed by atoms with Crippen molar-refractivity contribution in [2.75, 3.05) is 24.6 Å². The summed E-state index contributed by atoms with van der Waals surface area (Å²) in [7, 11) is -3.34. The molecule has 3 aromatic rings. The second kappa shape index (κ2) is 7.60. The first-order valence-corrected chi connectivity index (χ1v) is 11.1. The first-order valence-electron chi connectivity index (χ1n) is 9.26. The Morgan fingerprint density at radius 3 is 3.11 bits per heavy atom. The molecule has 8 heteroatoms. The van der Waals surface area contributed by atoms with Crippen LogP contribution in [0.1, 0.15) is 24.5 Å². The molecule has 144 valence electrons. The number of piperidine rings is 1. The lowest BCUT2D eigenvalue weighted by Gasteiger charge is -2.32. The Morgan fingerprint density at radius 1 is 1.36 bits per heavy atom. The molecule has 1 saturated heterocycles. The van der Waals surface area contributed by atoms with Gasteiger partial charge in [-0.2, -0.15) is 5.26 Å². The number of nitriles is 1. The van der Waals surface area contributed by atoms with Crippen molar-refractivity contribution in [3.63, 3.8) is 0 Å². The van der Waals surface area contributed by atoms with E-state index in [1.165, 1.54) is 0 Å². The molecule has 4 rings (SSSR count). The summed E-state index contributed by atoms with van der Waals surface area (Å²) in [6.45, 7) is 1.67. The predicted octanol–water partition coefficient (Wildman–Crippen LogP) is 2.74. The standard InChI is InChI=1S/C20H21N5O2S/c21-6-12-28(26,27)11-2-10-25-9-1-3-16(14-25)19-18-15(4-7-22-19)13-24-20-17(18)5-8-23-20/h2,4-5,7-8,10,13,16H,1,3,9,11-12,14H2,(H,23,24). The van der Waals surface area contributed by atoms with Crippen molar-refractivity contribution in [3.05, 3.63) is 48.7 Å². The van der Waals surface area contributed by atoms with Gasteiger partial charge in [-0.1, -0.05) is 6.08 Å². The molecular formula is C20H21N5O2S. The smallest absolute Gasteiger partial charge is 0.167 e. The van der Waals surface area contributed by atoms with Gasteiger partial charge in [-0.25, -0.2) is 13.4 Å². The van der Waals surface area contributed by atoms with Crippen LogP contribution in [0.25, 0.3) is 21.8 Å². The molecule has 1 N–H and O–H groups in total. The summed E-state index contributed by atoms with van der Waals surface area (Å²) in [6.07, 6.45) is 11.1. The van der Waals surface area contributed by atoms with Crippen molar-refractivity contribution in [3.8, 4) is 6.07 Å². The number of hydrogen-bond acceptors (Lipinski definition) is 6. The second-order valence-corrected chi connectivity index (χ2v) is 9.20. The van der Waals surface area contributed by atoms with Crippen molar-refractivity contribution in [2.24, 2.45) is 0 Å². The first-order chi connectivity index (χ1) is 13.6. The van der Waals surface area contributed by atoms with Gasteiger partial charge in [0.15, 0.2) is 9.84 Å². The van der Waals surface area contributed by atoms with Gasteiger partial charge in [0.2, 0.25) is 0 Å². The summed E-state index contributed by atoms with van der Waals surface area (Å²) in [5, 5.41) is 11.9. The van der Waals surface area contributed by atoms with Crippen LogP contribution in [0.5, 0.6) is 0 Å². The minimum Gasteiger partial charge on any atom is -0.377 e. The van der Waals surface area contributed by atoms with E-state index in [-0.39, 0.29) is 11.7 Å². The van der Waals surface area contributed by atoms with Crippen LogP contribution in [-0.2, 0) is 9.84 Å². The topological polar surface area (TPSA) is 103 Å². The van der Waals surface area contributed by atoms with Crippen molar-refractivity contribution in [1.82, 2.24) is 19.9 Å². The van der Waals surface area contributed by atoms with E-state index in [4.69, 9.17) is 10.2 Å². The third kappa shape index (κ3) is 3.71. The number of nitrogens with zero attached hydrogens (tertiary/aromatic N) is 4. The number of aromatic nitrogens is 3. The molecule has 1 aliphatic rings. The Morgan fingerprint density at radius 2 is 2.25 bits per heavy atom. The lowest BCUT2D eigenvalue weighted by Crippen LogP contribution is -2.30. The molecule has 0 radical (unpaired) electrons. The van der Waals surface area contributed by atoms with E-state index < -0.39 is 15.6 Å². The number of H-pyrrole nitrogens is 1. The van der Waals surface area contributed by atoms with Gasteiger partial charge < -0.3 is 9.88 Å². The number of hydrogen-bond donors (Lipinski definition) is 1. The summed E-state index contributed by atoms with van der Waals surface area (Å²) >= 11 is 0. The number of likely N-dealkylation sites (tertiary alicyclic amines) is 1. The Balaban J connectivity index is 1.59. The molecule has 0 aromatic carbocycles. The summed E-state index contributed by atoms with van der Waals surface area (Å²) in [5.41, 5.74) is 1.93. The third-order valence-corrected chi connectivity index (χ3v) is 6.40. The average molecular weight is 395 g/mol. The Bertz CT molecular complexity index is 1180. The number of pyridine rings is 2. The zero-order valence-electron chi connectivity index (χ0n) is 15.4. The molecule has 0 aliphatic carbocycles. The van der Waals surface area contributed by atoms with Crippen molar-refractivity contribution < 1.29 is 8.42 Å². The van der Waals surface area contributed by atoms with E-state index in [1.54, 1.807) is 12.1 Å². The molecule has 0 spiro atoms. The zero-order valence-corrected chi connectivity index (χ0v) is 16.2. The predicted molar refractivity (Wildman–Crippen MR) is 108 cm³/mol. The maximum atomic E-state index is 11.7. The van der Waals surface area contributed by atoms with Gasteiger partial charge in [0.05, 0.1) is 17.5 Å². The molecule has 1 unspecified atom stereocenters. The fourth-order valence-electron chi connectivity index (χ4n) is 3.87. The lowest BCUT2D eigenvalue weighted by molar-refractivity contribution is 0.278. The molecule has 0 saturated carbocycles. The number of rotatable bonds is 5. The van der Waals surface area contributed by atoms with Gasteiger partial charge in [-0.15, -0.1) is 0 Å². The summed E-state index contributed by atoms with van der Waals surface area (Å²) < 4.78 is 23.4. The van der Waals surface area contributed by atoms with Crippen molar-refractivity contribution in [1.29, 1.82) is 5.26 Å². The van der Waals surface area contributed by atoms with Gasteiger partial charge in [0, 0.05) is 53.8 Å². The fraction of sp³-hybridized carbons (Fsp3) is 0.350. The number of sulfone groups is 1. The molecule has 0 amide bonds. The highest BCUT2D eigenvalue weighted by Gasteiger charge is 2.23. The molecule has 1 atom stereocenters. The fourth-order valence-corrected chi connectivity index (χ4v) is 4.56. The monoisotopic (exact) mass is 395 g/mol. The molecule has 7 nitrogen and oxygen atoms in total. The van der Waals surface area contributed by atoms with Gasteiger partial charge >= 0.3 is 0 Å². The molecule has 28 heavy (non-hydrogen) atoms. The van der Waals surface area contributed by atoms with Crippen LogP contribution >= 0.6 is 0 Å². The molecule has 4 heterocycles. The van der Waals surface area contributed by atoms with Crippen LogP contribution in [0.15, 0.2) is 43.0 Å². The van der Waals surface area contributed by atoms with Crippen LogP contribution in [0, 0.1) is 11.3 Å². The highest BCUT2D eigenvalue weighted by molar-refractivity contribution is 7.91. The largest absolute Gasteiger partial charge is 0.377 e. The van der Waals surface area contributed by atoms with Gasteiger partial charge in [-0.3, -0.25) is 4.98 Å². The van der Waals surface area contributed by atoms with E-state index in [0.29, 0.717) is 0 Å². The molecule has 1 fully saturated rings. The van der Waals surface area contributed by atoms with E-state index in [2.05, 4.69) is 14.9 Å². The van der Waals surface area contributed by atoms with Gasteiger partial charge in [0.25, 0.3) is 0 Å². The van der Waals surface area contributed by atoms with Crippen LogP contribution in [0.2, 0.25) is 0 Å². The molecular weight excluding hydrogens is 374 g/mol. The average Bonchev–Trinajstić information content (AvgIpc) is 3.16. The minimum absolute atomic E-state index is 0.107. The summed E-state index contributed by atoms with van der Waals surface area (Å²) in [4.78, 5) is 14.5. The van der Waals surface area contributed by atoms with Crippen LogP contribution < -0.4 is 0 Å². The molecule has 0 bridgehead atoms. The van der Waals surface area contributed by atoms with E-state index in [9.17, 15) is 8.42 Å².